The predicted molar refractivity (Wildman–Crippen MR) is 65.5 cm³/mol. The lowest BCUT2D eigenvalue weighted by Crippen LogP contribution is -2.22. The third-order valence-corrected chi connectivity index (χ3v) is 2.56. The van der Waals surface area contributed by atoms with Crippen LogP contribution in [-0.4, -0.2) is 11.1 Å². The Bertz CT molecular complexity index is 617. The fourth-order valence-corrected chi connectivity index (χ4v) is 1.62. The number of nitrogens with zero attached hydrogens (tertiary/aromatic N) is 1. The monoisotopic (exact) mass is 268 g/mol. The molecule has 1 aromatic heterocycles. The topological polar surface area (TPSA) is 34.0 Å². The normalized spacial score (nSPS) is 10.5. The molecule has 19 heavy (non-hydrogen) atoms. The zero-order chi connectivity index (χ0) is 13.8. The summed E-state index contributed by atoms with van der Waals surface area (Å²) in [5, 5.41) is 2.72. The molecule has 0 saturated carbocycles. The molecule has 100 valence electrons. The summed E-state index contributed by atoms with van der Waals surface area (Å²) >= 11 is 0. The van der Waals surface area contributed by atoms with Gasteiger partial charge in [-0.15, -0.1) is 0 Å². The maximum Gasteiger partial charge on any atom is 0.250 e. The van der Waals surface area contributed by atoms with Gasteiger partial charge in [0.1, 0.15) is 0 Å². The smallest absolute Gasteiger partial charge is 0.250 e. The SMILES string of the molecule is O=c1ccccn1CCNc1cc(F)c(F)c(F)c1. The van der Waals surface area contributed by atoms with E-state index in [0.29, 0.717) is 6.54 Å². The van der Waals surface area contributed by atoms with E-state index in [0.717, 1.165) is 12.1 Å². The van der Waals surface area contributed by atoms with Crippen molar-refractivity contribution in [2.75, 3.05) is 11.9 Å². The van der Waals surface area contributed by atoms with Crippen LogP contribution in [0.25, 0.3) is 0 Å². The second-order valence-corrected chi connectivity index (χ2v) is 3.91. The fraction of sp³-hybridized carbons (Fsp3) is 0.154. The molecule has 0 aliphatic carbocycles. The molecule has 0 unspecified atom stereocenters. The van der Waals surface area contributed by atoms with E-state index >= 15 is 0 Å². The van der Waals surface area contributed by atoms with Crippen molar-refractivity contribution in [3.8, 4) is 0 Å². The van der Waals surface area contributed by atoms with Crippen LogP contribution in [0.4, 0.5) is 18.9 Å². The molecular formula is C13H11F3N2O. The molecule has 0 saturated heterocycles. The average molecular weight is 268 g/mol. The van der Waals surface area contributed by atoms with E-state index in [1.165, 1.54) is 10.6 Å². The van der Waals surface area contributed by atoms with Gasteiger partial charge in [-0.25, -0.2) is 13.2 Å². The van der Waals surface area contributed by atoms with Gasteiger partial charge in [-0.2, -0.15) is 0 Å². The van der Waals surface area contributed by atoms with Crippen molar-refractivity contribution in [3.05, 3.63) is 64.3 Å². The van der Waals surface area contributed by atoms with Crippen molar-refractivity contribution < 1.29 is 13.2 Å². The number of halogens is 3. The highest BCUT2D eigenvalue weighted by Gasteiger charge is 2.09. The molecule has 0 bridgehead atoms. The number of anilines is 1. The Morgan fingerprint density at radius 2 is 1.79 bits per heavy atom. The van der Waals surface area contributed by atoms with E-state index in [1.807, 2.05) is 0 Å². The number of nitrogens with one attached hydrogen (secondary N) is 1. The largest absolute Gasteiger partial charge is 0.383 e. The summed E-state index contributed by atoms with van der Waals surface area (Å²) in [4.78, 5) is 11.4. The molecule has 0 atom stereocenters. The van der Waals surface area contributed by atoms with E-state index in [2.05, 4.69) is 5.32 Å². The molecule has 1 aromatic carbocycles. The van der Waals surface area contributed by atoms with Crippen LogP contribution in [0.3, 0.4) is 0 Å². The molecule has 3 nitrogen and oxygen atoms in total. The predicted octanol–water partition coefficient (Wildman–Crippen LogP) is 2.38. The lowest BCUT2D eigenvalue weighted by Gasteiger charge is -2.09. The van der Waals surface area contributed by atoms with Gasteiger partial charge in [0, 0.05) is 43.2 Å². The number of aromatic nitrogens is 1. The molecule has 2 aromatic rings. The minimum atomic E-state index is -1.50. The summed E-state index contributed by atoms with van der Waals surface area (Å²) in [6.07, 6.45) is 1.61. The molecule has 0 fully saturated rings. The standard InChI is InChI=1S/C13H11F3N2O/c14-10-7-9(8-11(15)13(10)16)17-4-6-18-5-2-1-3-12(18)19/h1-3,5,7-8,17H,4,6H2. The average Bonchev–Trinajstić information content (AvgIpc) is 2.38. The van der Waals surface area contributed by atoms with Crippen molar-refractivity contribution in [1.82, 2.24) is 4.57 Å². The third kappa shape index (κ3) is 3.15. The maximum atomic E-state index is 12.9. The Hall–Kier alpha value is -2.24. The minimum absolute atomic E-state index is 0.125. The number of benzene rings is 1. The lowest BCUT2D eigenvalue weighted by molar-refractivity contribution is 0.447. The van der Waals surface area contributed by atoms with Crippen molar-refractivity contribution in [1.29, 1.82) is 0 Å². The molecule has 0 aliphatic heterocycles. The molecule has 0 aliphatic rings. The number of rotatable bonds is 4. The van der Waals surface area contributed by atoms with Gasteiger partial charge < -0.3 is 9.88 Å². The van der Waals surface area contributed by atoms with Crippen LogP contribution in [0.2, 0.25) is 0 Å². The number of pyridine rings is 1. The van der Waals surface area contributed by atoms with E-state index in [-0.39, 0.29) is 17.8 Å². The molecule has 1 heterocycles. The van der Waals surface area contributed by atoms with Crippen LogP contribution in [0.15, 0.2) is 41.3 Å². The van der Waals surface area contributed by atoms with Gasteiger partial charge in [0.25, 0.3) is 5.56 Å². The summed E-state index contributed by atoms with van der Waals surface area (Å²) < 4.78 is 40.1. The second-order valence-electron chi connectivity index (χ2n) is 3.91. The first-order chi connectivity index (χ1) is 9.08. The van der Waals surface area contributed by atoms with Gasteiger partial charge in [-0.1, -0.05) is 6.07 Å². The Kier molecular flexibility index (Phi) is 3.89. The lowest BCUT2D eigenvalue weighted by atomic mass is 10.3. The highest BCUT2D eigenvalue weighted by atomic mass is 19.2. The molecule has 1 N–H and O–H groups in total. The summed E-state index contributed by atoms with van der Waals surface area (Å²) in [7, 11) is 0. The second kappa shape index (κ2) is 5.60. The zero-order valence-corrected chi connectivity index (χ0v) is 9.87. The zero-order valence-electron chi connectivity index (χ0n) is 9.87. The fourth-order valence-electron chi connectivity index (χ4n) is 1.62. The molecule has 0 amide bonds. The number of hydrogen-bond acceptors (Lipinski definition) is 2. The molecular weight excluding hydrogens is 257 g/mol. The minimum Gasteiger partial charge on any atom is -0.383 e. The van der Waals surface area contributed by atoms with Crippen LogP contribution < -0.4 is 10.9 Å². The molecule has 0 spiro atoms. The van der Waals surface area contributed by atoms with Crippen molar-refractivity contribution in [3.63, 3.8) is 0 Å². The van der Waals surface area contributed by atoms with Crippen molar-refractivity contribution in [2.45, 2.75) is 6.54 Å². The van der Waals surface area contributed by atoms with Gasteiger partial charge in [0.15, 0.2) is 17.5 Å². The number of hydrogen-bond donors (Lipinski definition) is 1. The molecule has 0 radical (unpaired) electrons. The summed E-state index contributed by atoms with van der Waals surface area (Å²) in [5.74, 6) is -4.00. The van der Waals surface area contributed by atoms with Gasteiger partial charge in [0.05, 0.1) is 0 Å². The highest BCUT2D eigenvalue weighted by Crippen LogP contribution is 2.16. The highest BCUT2D eigenvalue weighted by molar-refractivity contribution is 5.43. The maximum absolute atomic E-state index is 12.9. The Morgan fingerprint density at radius 1 is 1.11 bits per heavy atom. The van der Waals surface area contributed by atoms with Crippen molar-refractivity contribution in [2.24, 2.45) is 0 Å². The van der Waals surface area contributed by atoms with Crippen LogP contribution in [0.5, 0.6) is 0 Å². The Labute approximate surface area is 107 Å². The van der Waals surface area contributed by atoms with Crippen LogP contribution in [0.1, 0.15) is 0 Å². The van der Waals surface area contributed by atoms with E-state index in [9.17, 15) is 18.0 Å². The van der Waals surface area contributed by atoms with E-state index in [4.69, 9.17) is 0 Å². The first-order valence-electron chi connectivity index (χ1n) is 5.62. The van der Waals surface area contributed by atoms with Gasteiger partial charge in [-0.05, 0) is 6.07 Å². The van der Waals surface area contributed by atoms with Crippen LogP contribution >= 0.6 is 0 Å². The van der Waals surface area contributed by atoms with Crippen molar-refractivity contribution >= 4 is 5.69 Å². The Balaban J connectivity index is 2.00. The first kappa shape index (κ1) is 13.2. The van der Waals surface area contributed by atoms with Crippen LogP contribution in [-0.2, 0) is 6.54 Å². The van der Waals surface area contributed by atoms with Crippen LogP contribution in [0, 0.1) is 17.5 Å². The van der Waals surface area contributed by atoms with E-state index < -0.39 is 17.5 Å². The van der Waals surface area contributed by atoms with Gasteiger partial charge in [0.2, 0.25) is 0 Å². The summed E-state index contributed by atoms with van der Waals surface area (Å²) in [6.45, 7) is 0.620. The van der Waals surface area contributed by atoms with Gasteiger partial charge in [-0.3, -0.25) is 4.79 Å². The summed E-state index contributed by atoms with van der Waals surface area (Å²) in [5.41, 5.74) is -0.0406. The Morgan fingerprint density at radius 3 is 2.42 bits per heavy atom. The first-order valence-corrected chi connectivity index (χ1v) is 5.62. The molecule has 2 rings (SSSR count). The quantitative estimate of drug-likeness (QED) is 0.864. The third-order valence-electron chi connectivity index (χ3n) is 2.56. The van der Waals surface area contributed by atoms with Gasteiger partial charge >= 0.3 is 0 Å². The van der Waals surface area contributed by atoms with E-state index in [1.54, 1.807) is 18.3 Å². The molecule has 6 heteroatoms. The summed E-state index contributed by atoms with van der Waals surface area (Å²) in [6, 6.07) is 6.48.